The Morgan fingerprint density at radius 2 is 2.04 bits per heavy atom. The van der Waals surface area contributed by atoms with Gasteiger partial charge < -0.3 is 9.64 Å². The maximum Gasteiger partial charge on any atom is 0.256 e. The van der Waals surface area contributed by atoms with Gasteiger partial charge in [0, 0.05) is 24.2 Å². The van der Waals surface area contributed by atoms with E-state index in [1.165, 1.54) is 6.42 Å². The number of fused-ring (bicyclic) bond motifs is 1. The lowest BCUT2D eigenvalue weighted by molar-refractivity contribution is -0.129. The van der Waals surface area contributed by atoms with E-state index in [2.05, 4.69) is 11.9 Å². The van der Waals surface area contributed by atoms with Crippen LogP contribution in [-0.2, 0) is 9.53 Å². The lowest BCUT2D eigenvalue weighted by Gasteiger charge is -2.39. The van der Waals surface area contributed by atoms with Gasteiger partial charge >= 0.3 is 0 Å². The largest absolute Gasteiger partial charge is 0.368 e. The van der Waals surface area contributed by atoms with E-state index >= 15 is 0 Å². The van der Waals surface area contributed by atoms with E-state index in [4.69, 9.17) is 4.74 Å². The number of aromatic nitrogens is 1. The number of rotatable bonds is 3. The molecule has 1 aromatic carbocycles. The van der Waals surface area contributed by atoms with E-state index in [1.807, 2.05) is 35.2 Å². The molecule has 4 rings (SSSR count). The molecule has 1 saturated heterocycles. The summed E-state index contributed by atoms with van der Waals surface area (Å²) in [6.07, 6.45) is 5.77. The van der Waals surface area contributed by atoms with Gasteiger partial charge in [0.25, 0.3) is 5.91 Å². The number of nitrogens with zero attached hydrogens (tertiary/aromatic N) is 2. The maximum atomic E-state index is 13.2. The molecular formula is C19H22N2O2. The first-order chi connectivity index (χ1) is 11.3. The summed E-state index contributed by atoms with van der Waals surface area (Å²) in [5, 5.41) is 1.07. The second-order valence-electron chi connectivity index (χ2n) is 6.70. The van der Waals surface area contributed by atoms with E-state index in [9.17, 15) is 4.79 Å². The first kappa shape index (κ1) is 14.6. The zero-order chi connectivity index (χ0) is 15.8. The van der Waals surface area contributed by atoms with Gasteiger partial charge in [-0.05, 0) is 43.7 Å². The van der Waals surface area contributed by atoms with Crippen LogP contribution in [0.4, 0.5) is 5.69 Å². The molecule has 120 valence electrons. The average molecular weight is 310 g/mol. The number of ether oxygens (including phenoxy) is 1. The quantitative estimate of drug-likeness (QED) is 0.871. The first-order valence-corrected chi connectivity index (χ1v) is 8.54. The van der Waals surface area contributed by atoms with Crippen LogP contribution >= 0.6 is 0 Å². The van der Waals surface area contributed by atoms with Crippen molar-refractivity contribution in [3.8, 4) is 0 Å². The Morgan fingerprint density at radius 3 is 2.74 bits per heavy atom. The van der Waals surface area contributed by atoms with Crippen LogP contribution in [0.25, 0.3) is 10.9 Å². The smallest absolute Gasteiger partial charge is 0.256 e. The molecule has 0 N–H and O–H groups in total. The molecule has 2 aliphatic rings. The van der Waals surface area contributed by atoms with Crippen LogP contribution in [0.1, 0.15) is 32.6 Å². The number of benzene rings is 1. The third-order valence-electron chi connectivity index (χ3n) is 5.18. The minimum Gasteiger partial charge on any atom is -0.368 e. The van der Waals surface area contributed by atoms with Crippen molar-refractivity contribution >= 4 is 22.5 Å². The second-order valence-corrected chi connectivity index (χ2v) is 6.70. The van der Waals surface area contributed by atoms with Crippen molar-refractivity contribution in [2.75, 3.05) is 11.5 Å². The van der Waals surface area contributed by atoms with Gasteiger partial charge in [-0.3, -0.25) is 9.78 Å². The van der Waals surface area contributed by atoms with Crippen molar-refractivity contribution < 1.29 is 9.53 Å². The molecule has 1 amide bonds. The highest BCUT2D eigenvalue weighted by Crippen LogP contribution is 2.35. The predicted molar refractivity (Wildman–Crippen MR) is 90.4 cm³/mol. The number of para-hydroxylation sites is 1. The van der Waals surface area contributed by atoms with E-state index in [0.29, 0.717) is 6.61 Å². The summed E-state index contributed by atoms with van der Waals surface area (Å²) in [5.74, 6) is 0.394. The highest BCUT2D eigenvalue weighted by atomic mass is 16.5. The van der Waals surface area contributed by atoms with Crippen LogP contribution in [0.3, 0.4) is 0 Å². The number of carbonyl (C=O) groups excluding carboxylic acids is 1. The number of hydrogen-bond donors (Lipinski definition) is 0. The molecule has 2 fully saturated rings. The van der Waals surface area contributed by atoms with Gasteiger partial charge in [-0.15, -0.1) is 0 Å². The van der Waals surface area contributed by atoms with Crippen LogP contribution in [-0.4, -0.2) is 29.6 Å². The fraction of sp³-hybridized carbons (Fsp3) is 0.474. The van der Waals surface area contributed by atoms with Crippen LogP contribution in [0.15, 0.2) is 36.5 Å². The molecular weight excluding hydrogens is 288 g/mol. The average Bonchev–Trinajstić information content (AvgIpc) is 2.96. The number of hydrogen-bond acceptors (Lipinski definition) is 3. The highest BCUT2D eigenvalue weighted by Gasteiger charge is 2.39. The molecule has 23 heavy (non-hydrogen) atoms. The predicted octanol–water partition coefficient (Wildman–Crippen LogP) is 3.55. The van der Waals surface area contributed by atoms with Crippen molar-refractivity contribution in [2.45, 2.75) is 44.8 Å². The summed E-state index contributed by atoms with van der Waals surface area (Å²) in [7, 11) is 0. The summed E-state index contributed by atoms with van der Waals surface area (Å²) in [6, 6.07) is 10.3. The molecule has 4 heteroatoms. The summed E-state index contributed by atoms with van der Waals surface area (Å²) in [6.45, 7) is 2.79. The molecule has 0 spiro atoms. The van der Waals surface area contributed by atoms with Gasteiger partial charge in [0.1, 0.15) is 6.10 Å². The first-order valence-electron chi connectivity index (χ1n) is 8.54. The van der Waals surface area contributed by atoms with Gasteiger partial charge in [0.2, 0.25) is 0 Å². The summed E-state index contributed by atoms with van der Waals surface area (Å²) in [4.78, 5) is 19.7. The fourth-order valence-electron chi connectivity index (χ4n) is 3.57. The summed E-state index contributed by atoms with van der Waals surface area (Å²) in [5.41, 5.74) is 1.83. The Bertz CT molecular complexity index is 721. The number of amides is 1. The summed E-state index contributed by atoms with van der Waals surface area (Å²) >= 11 is 0. The summed E-state index contributed by atoms with van der Waals surface area (Å²) < 4.78 is 5.75. The van der Waals surface area contributed by atoms with Crippen molar-refractivity contribution in [2.24, 2.45) is 5.92 Å². The Balaban J connectivity index is 1.77. The second kappa shape index (κ2) is 5.93. The SMILES string of the molecule is C[C@H]1CCO[C@@H]1C(=O)N(c1cccc2cccnc12)C1CCC1. The van der Waals surface area contributed by atoms with Gasteiger partial charge in [0.15, 0.2) is 0 Å². The van der Waals surface area contributed by atoms with Gasteiger partial charge in [-0.2, -0.15) is 0 Å². The molecule has 4 nitrogen and oxygen atoms in total. The minimum atomic E-state index is -0.311. The molecule has 0 unspecified atom stereocenters. The number of pyridine rings is 1. The van der Waals surface area contributed by atoms with Crippen molar-refractivity contribution in [3.05, 3.63) is 36.5 Å². The van der Waals surface area contributed by atoms with E-state index in [0.717, 1.165) is 35.9 Å². The van der Waals surface area contributed by atoms with Crippen LogP contribution in [0, 0.1) is 5.92 Å². The Morgan fingerprint density at radius 1 is 1.22 bits per heavy atom. The van der Waals surface area contributed by atoms with Crippen LogP contribution < -0.4 is 4.90 Å². The Labute approximate surface area is 136 Å². The third kappa shape index (κ3) is 2.51. The van der Waals surface area contributed by atoms with E-state index < -0.39 is 0 Å². The molecule has 0 bridgehead atoms. The lowest BCUT2D eigenvalue weighted by atomic mass is 9.89. The van der Waals surface area contributed by atoms with Crippen molar-refractivity contribution in [3.63, 3.8) is 0 Å². The Kier molecular flexibility index (Phi) is 3.77. The van der Waals surface area contributed by atoms with E-state index in [1.54, 1.807) is 6.20 Å². The monoisotopic (exact) mass is 310 g/mol. The molecule has 2 heterocycles. The minimum absolute atomic E-state index is 0.109. The number of carbonyl (C=O) groups is 1. The standard InChI is InChI=1S/C19H22N2O2/c1-13-10-12-23-18(13)19(22)21(15-7-3-8-15)16-9-2-5-14-6-4-11-20-17(14)16/h2,4-6,9,11,13,15,18H,3,7-8,10,12H2,1H3/t13-,18-/m0/s1. The molecule has 2 atom stereocenters. The topological polar surface area (TPSA) is 42.4 Å². The molecule has 1 saturated carbocycles. The van der Waals surface area contributed by atoms with Crippen molar-refractivity contribution in [1.29, 1.82) is 0 Å². The zero-order valence-electron chi connectivity index (χ0n) is 13.4. The van der Waals surface area contributed by atoms with E-state index in [-0.39, 0.29) is 24.0 Å². The molecule has 0 radical (unpaired) electrons. The molecule has 1 aliphatic heterocycles. The zero-order valence-corrected chi connectivity index (χ0v) is 13.4. The van der Waals surface area contributed by atoms with Gasteiger partial charge in [-0.25, -0.2) is 0 Å². The maximum absolute atomic E-state index is 13.2. The molecule has 1 aromatic heterocycles. The number of anilines is 1. The molecule has 1 aliphatic carbocycles. The molecule has 2 aromatic rings. The fourth-order valence-corrected chi connectivity index (χ4v) is 3.57. The Hall–Kier alpha value is -1.94. The lowest BCUT2D eigenvalue weighted by Crippen LogP contribution is -2.50. The van der Waals surface area contributed by atoms with Gasteiger partial charge in [-0.1, -0.05) is 25.1 Å². The van der Waals surface area contributed by atoms with Crippen LogP contribution in [0.5, 0.6) is 0 Å². The van der Waals surface area contributed by atoms with Crippen molar-refractivity contribution in [1.82, 2.24) is 4.98 Å². The normalized spacial score (nSPS) is 24.6. The van der Waals surface area contributed by atoms with Crippen LogP contribution in [0.2, 0.25) is 0 Å². The third-order valence-corrected chi connectivity index (χ3v) is 5.18. The van der Waals surface area contributed by atoms with Gasteiger partial charge in [0.05, 0.1) is 11.2 Å². The highest BCUT2D eigenvalue weighted by molar-refractivity contribution is 6.04.